The Balaban J connectivity index is 1.39. The second kappa shape index (κ2) is 9.37. The van der Waals surface area contributed by atoms with Crippen LogP contribution in [0.3, 0.4) is 0 Å². The molecule has 1 aliphatic heterocycles. The molecule has 1 spiro atoms. The number of nitrogens with zero attached hydrogens (tertiary/aromatic N) is 1. The lowest BCUT2D eigenvalue weighted by Gasteiger charge is -2.49. The van der Waals surface area contributed by atoms with Crippen molar-refractivity contribution in [2.75, 3.05) is 13.2 Å². The molecule has 2 aliphatic carbocycles. The molecule has 3 aromatic rings. The smallest absolute Gasteiger partial charge is 0.168 e. The van der Waals surface area contributed by atoms with Gasteiger partial charge in [0.25, 0.3) is 0 Å². The quantitative estimate of drug-likeness (QED) is 0.376. The maximum absolute atomic E-state index is 6.16. The van der Waals surface area contributed by atoms with E-state index in [1.54, 1.807) is 5.56 Å². The highest BCUT2D eigenvalue weighted by molar-refractivity contribution is 6.13. The van der Waals surface area contributed by atoms with Crippen LogP contribution in [0.5, 0.6) is 0 Å². The van der Waals surface area contributed by atoms with Gasteiger partial charge >= 0.3 is 0 Å². The Hall–Kier alpha value is -2.75. The van der Waals surface area contributed by atoms with Gasteiger partial charge in [0, 0.05) is 24.0 Å². The summed E-state index contributed by atoms with van der Waals surface area (Å²) in [5.41, 5.74) is 7.62. The van der Waals surface area contributed by atoms with Crippen molar-refractivity contribution < 1.29 is 9.47 Å². The standard InChI is InChI=1S/C32H35NO2/c1-2-31-18-19-32(34-20-21-35-32)23-27(31)15-9-14-26-22-28(16-17-29(26)31)33-30(24-10-5-3-6-11-24)25-12-7-4-8-13-25/h3-8,10-13,16-17,22,27H,2,9,14-15,18-21,23H2,1H3/t27-,31+/m0/s1. The molecule has 3 aromatic carbocycles. The zero-order chi connectivity index (χ0) is 23.7. The van der Waals surface area contributed by atoms with Gasteiger partial charge in [0.2, 0.25) is 0 Å². The van der Waals surface area contributed by atoms with E-state index in [4.69, 9.17) is 14.5 Å². The van der Waals surface area contributed by atoms with Crippen molar-refractivity contribution in [3.63, 3.8) is 0 Å². The Bertz CT molecular complexity index is 1160. The first-order valence-corrected chi connectivity index (χ1v) is 13.3. The number of benzene rings is 3. The van der Waals surface area contributed by atoms with Gasteiger partial charge in [-0.2, -0.15) is 0 Å². The minimum Gasteiger partial charge on any atom is -0.348 e. The lowest BCUT2D eigenvalue weighted by Crippen LogP contribution is -2.48. The zero-order valence-electron chi connectivity index (χ0n) is 20.7. The molecule has 3 heteroatoms. The Labute approximate surface area is 209 Å². The normalized spacial score (nSPS) is 24.9. The van der Waals surface area contributed by atoms with E-state index in [1.165, 1.54) is 24.8 Å². The molecule has 1 saturated heterocycles. The fraction of sp³-hybridized carbons (Fsp3) is 0.406. The van der Waals surface area contributed by atoms with Crippen molar-refractivity contribution in [3.8, 4) is 0 Å². The minimum absolute atomic E-state index is 0.219. The van der Waals surface area contributed by atoms with Gasteiger partial charge in [-0.1, -0.05) is 73.7 Å². The molecule has 0 aromatic heterocycles. The summed E-state index contributed by atoms with van der Waals surface area (Å²) in [6.07, 6.45) is 7.93. The minimum atomic E-state index is -0.321. The van der Waals surface area contributed by atoms with Crippen LogP contribution in [0.15, 0.2) is 83.9 Å². The van der Waals surface area contributed by atoms with Crippen LogP contribution in [0.2, 0.25) is 0 Å². The number of rotatable bonds is 4. The largest absolute Gasteiger partial charge is 0.348 e. The van der Waals surface area contributed by atoms with Crippen molar-refractivity contribution >= 4 is 11.4 Å². The Morgan fingerprint density at radius 2 is 1.57 bits per heavy atom. The van der Waals surface area contributed by atoms with E-state index in [1.807, 2.05) is 0 Å². The zero-order valence-corrected chi connectivity index (χ0v) is 20.7. The Kier molecular flexibility index (Phi) is 6.07. The molecule has 0 radical (unpaired) electrons. The molecule has 0 amide bonds. The number of fused-ring (bicyclic) bond motifs is 3. The SMILES string of the molecule is CC[C@@]12CCC3(C[C@@H]1CCCc1cc(N=C(c4ccccc4)c4ccccc4)ccc12)OCCO3. The van der Waals surface area contributed by atoms with Crippen molar-refractivity contribution in [1.29, 1.82) is 0 Å². The lowest BCUT2D eigenvalue weighted by molar-refractivity contribution is -0.199. The van der Waals surface area contributed by atoms with E-state index in [2.05, 4.69) is 85.8 Å². The Morgan fingerprint density at radius 3 is 2.23 bits per heavy atom. The molecular formula is C32H35NO2. The number of hydrogen-bond acceptors (Lipinski definition) is 3. The van der Waals surface area contributed by atoms with E-state index >= 15 is 0 Å². The van der Waals surface area contributed by atoms with Crippen LogP contribution >= 0.6 is 0 Å². The molecule has 2 fully saturated rings. The summed E-state index contributed by atoms with van der Waals surface area (Å²) in [5, 5.41) is 0. The third-order valence-corrected chi connectivity index (χ3v) is 8.69. The van der Waals surface area contributed by atoms with E-state index in [-0.39, 0.29) is 11.2 Å². The second-order valence-corrected chi connectivity index (χ2v) is 10.4. The molecule has 1 heterocycles. The van der Waals surface area contributed by atoms with Gasteiger partial charge in [0.05, 0.1) is 24.6 Å². The fourth-order valence-corrected chi connectivity index (χ4v) is 6.94. The maximum Gasteiger partial charge on any atom is 0.168 e. The van der Waals surface area contributed by atoms with E-state index in [0.717, 1.165) is 61.4 Å². The van der Waals surface area contributed by atoms with Gasteiger partial charge in [0.1, 0.15) is 0 Å². The molecule has 35 heavy (non-hydrogen) atoms. The first-order valence-electron chi connectivity index (χ1n) is 13.3. The van der Waals surface area contributed by atoms with Crippen molar-refractivity contribution in [1.82, 2.24) is 0 Å². The van der Waals surface area contributed by atoms with Crippen LogP contribution in [0.1, 0.15) is 67.7 Å². The van der Waals surface area contributed by atoms with Gasteiger partial charge in [0.15, 0.2) is 5.79 Å². The predicted octanol–water partition coefficient (Wildman–Crippen LogP) is 7.38. The molecular weight excluding hydrogens is 430 g/mol. The fourth-order valence-electron chi connectivity index (χ4n) is 6.94. The monoisotopic (exact) mass is 465 g/mol. The van der Waals surface area contributed by atoms with Crippen LogP contribution in [-0.2, 0) is 21.3 Å². The van der Waals surface area contributed by atoms with Crippen molar-refractivity contribution in [2.45, 2.75) is 63.1 Å². The van der Waals surface area contributed by atoms with Crippen LogP contribution in [0, 0.1) is 5.92 Å². The van der Waals surface area contributed by atoms with Crippen LogP contribution in [0.4, 0.5) is 5.69 Å². The Morgan fingerprint density at radius 1 is 0.886 bits per heavy atom. The number of hydrogen-bond donors (Lipinski definition) is 0. The van der Waals surface area contributed by atoms with Crippen molar-refractivity contribution in [3.05, 3.63) is 101 Å². The molecule has 2 atom stereocenters. The summed E-state index contributed by atoms with van der Waals surface area (Å²) >= 11 is 0. The second-order valence-electron chi connectivity index (χ2n) is 10.4. The third-order valence-electron chi connectivity index (χ3n) is 8.69. The highest BCUT2D eigenvalue weighted by atomic mass is 16.7. The average molecular weight is 466 g/mol. The predicted molar refractivity (Wildman–Crippen MR) is 142 cm³/mol. The molecule has 1 saturated carbocycles. The first-order chi connectivity index (χ1) is 17.2. The third kappa shape index (κ3) is 4.15. The molecule has 0 N–H and O–H groups in total. The van der Waals surface area contributed by atoms with Crippen molar-refractivity contribution in [2.24, 2.45) is 10.9 Å². The van der Waals surface area contributed by atoms with Gasteiger partial charge in [-0.3, -0.25) is 0 Å². The molecule has 0 unspecified atom stereocenters. The van der Waals surface area contributed by atoms with Crippen LogP contribution in [0.25, 0.3) is 0 Å². The van der Waals surface area contributed by atoms with Gasteiger partial charge < -0.3 is 9.47 Å². The van der Waals surface area contributed by atoms with Gasteiger partial charge in [-0.05, 0) is 66.7 Å². The van der Waals surface area contributed by atoms with E-state index in [0.29, 0.717) is 5.92 Å². The summed E-state index contributed by atoms with van der Waals surface area (Å²) < 4.78 is 12.3. The van der Waals surface area contributed by atoms with Crippen LogP contribution in [-0.4, -0.2) is 24.7 Å². The molecule has 6 rings (SSSR count). The maximum atomic E-state index is 6.16. The average Bonchev–Trinajstić information content (AvgIpc) is 3.30. The highest BCUT2D eigenvalue weighted by Crippen LogP contribution is 2.55. The molecule has 3 aliphatic rings. The van der Waals surface area contributed by atoms with E-state index in [9.17, 15) is 0 Å². The summed E-state index contributed by atoms with van der Waals surface area (Å²) in [7, 11) is 0. The molecule has 180 valence electrons. The highest BCUT2D eigenvalue weighted by Gasteiger charge is 2.52. The molecule has 3 nitrogen and oxygen atoms in total. The van der Waals surface area contributed by atoms with Gasteiger partial charge in [-0.25, -0.2) is 4.99 Å². The number of ether oxygens (including phenoxy) is 2. The van der Waals surface area contributed by atoms with E-state index < -0.39 is 0 Å². The van der Waals surface area contributed by atoms with Gasteiger partial charge in [-0.15, -0.1) is 0 Å². The number of aryl methyl sites for hydroxylation is 1. The summed E-state index contributed by atoms with van der Waals surface area (Å²) in [6, 6.07) is 28.1. The summed E-state index contributed by atoms with van der Waals surface area (Å²) in [4.78, 5) is 5.22. The first kappa shape index (κ1) is 22.7. The summed E-state index contributed by atoms with van der Waals surface area (Å²) in [6.45, 7) is 3.87. The number of aliphatic imine (C=N–C) groups is 1. The van der Waals surface area contributed by atoms with Crippen LogP contribution < -0.4 is 0 Å². The summed E-state index contributed by atoms with van der Waals surface area (Å²) in [5.74, 6) is 0.289. The molecule has 0 bridgehead atoms. The topological polar surface area (TPSA) is 30.8 Å². The lowest BCUT2D eigenvalue weighted by atomic mass is 9.59.